The molecule has 0 aliphatic carbocycles. The summed E-state index contributed by atoms with van der Waals surface area (Å²) in [6.07, 6.45) is -5.47. The molecule has 0 spiro atoms. The Morgan fingerprint density at radius 1 is 1.45 bits per heavy atom. The summed E-state index contributed by atoms with van der Waals surface area (Å²) < 4.78 is 44.0. The van der Waals surface area contributed by atoms with Crippen LogP contribution in [-0.4, -0.2) is 36.1 Å². The third kappa shape index (κ3) is 4.12. The van der Waals surface area contributed by atoms with E-state index in [9.17, 15) is 18.0 Å². The maximum Gasteiger partial charge on any atom is 0.417 e. The van der Waals surface area contributed by atoms with Crippen LogP contribution in [0.15, 0.2) is 18.2 Å². The van der Waals surface area contributed by atoms with Gasteiger partial charge in [-0.1, -0.05) is 17.7 Å². The van der Waals surface area contributed by atoms with Gasteiger partial charge in [-0.15, -0.1) is 0 Å². The lowest BCUT2D eigenvalue weighted by molar-refractivity contribution is -0.142. The number of amides is 1. The van der Waals surface area contributed by atoms with Crippen molar-refractivity contribution < 1.29 is 22.7 Å². The van der Waals surface area contributed by atoms with Crippen molar-refractivity contribution in [3.05, 3.63) is 34.3 Å². The van der Waals surface area contributed by atoms with Gasteiger partial charge in [0.2, 0.25) is 5.91 Å². The Kier molecular flexibility index (Phi) is 4.99. The van der Waals surface area contributed by atoms with Gasteiger partial charge in [-0.25, -0.2) is 0 Å². The Morgan fingerprint density at radius 2 is 2.14 bits per heavy atom. The number of benzene rings is 1. The second-order valence-corrected chi connectivity index (χ2v) is 5.75. The highest BCUT2D eigenvalue weighted by molar-refractivity contribution is 6.31. The number of primary amides is 1. The predicted molar refractivity (Wildman–Crippen MR) is 75.3 cm³/mol. The molecule has 0 aromatic heterocycles. The summed E-state index contributed by atoms with van der Waals surface area (Å²) >= 11 is 5.60. The highest BCUT2D eigenvalue weighted by atomic mass is 35.5. The number of hydrogen-bond acceptors (Lipinski definition) is 3. The average molecular weight is 337 g/mol. The second-order valence-electron chi connectivity index (χ2n) is 5.34. The molecule has 0 bridgehead atoms. The summed E-state index contributed by atoms with van der Waals surface area (Å²) in [4.78, 5) is 13.1. The van der Waals surface area contributed by atoms with Gasteiger partial charge in [-0.05, 0) is 24.6 Å². The largest absolute Gasteiger partial charge is 0.417 e. The lowest BCUT2D eigenvalue weighted by atomic mass is 10.1. The molecule has 2 rings (SSSR count). The molecule has 1 amide bonds. The number of hydrogen-bond donors (Lipinski definition) is 1. The fraction of sp³-hybridized carbons (Fsp3) is 0.500. The van der Waals surface area contributed by atoms with Crippen LogP contribution < -0.4 is 5.73 Å². The van der Waals surface area contributed by atoms with Crippen molar-refractivity contribution in [2.75, 3.05) is 13.1 Å². The molecule has 4 nitrogen and oxygen atoms in total. The van der Waals surface area contributed by atoms with E-state index in [1.807, 2.05) is 4.90 Å². The van der Waals surface area contributed by atoms with Gasteiger partial charge < -0.3 is 10.5 Å². The Bertz CT molecular complexity index is 566. The SMILES string of the molecule is C[C@@H]1CN(Cc2ccc(Cl)c(C(F)(F)F)c2)CC(C(N)=O)O1. The quantitative estimate of drug-likeness (QED) is 0.922. The van der Waals surface area contributed by atoms with Crippen LogP contribution in [-0.2, 0) is 22.3 Å². The first-order valence-electron chi connectivity index (χ1n) is 6.69. The van der Waals surface area contributed by atoms with Crippen molar-refractivity contribution in [1.29, 1.82) is 0 Å². The first-order chi connectivity index (χ1) is 10.2. The average Bonchev–Trinajstić information content (AvgIpc) is 2.39. The summed E-state index contributed by atoms with van der Waals surface area (Å²) in [5.41, 5.74) is 4.83. The summed E-state index contributed by atoms with van der Waals surface area (Å²) in [5.74, 6) is -0.580. The summed E-state index contributed by atoms with van der Waals surface area (Å²) in [6.45, 7) is 2.81. The molecule has 0 radical (unpaired) electrons. The molecule has 2 N–H and O–H groups in total. The van der Waals surface area contributed by atoms with E-state index in [0.29, 0.717) is 12.1 Å². The monoisotopic (exact) mass is 336 g/mol. The van der Waals surface area contributed by atoms with Crippen LogP contribution in [0.1, 0.15) is 18.1 Å². The van der Waals surface area contributed by atoms with Crippen LogP contribution in [0.3, 0.4) is 0 Å². The molecule has 2 atom stereocenters. The summed E-state index contributed by atoms with van der Waals surface area (Å²) in [5, 5.41) is -0.332. The smallest absolute Gasteiger partial charge is 0.367 e. The number of halogens is 4. The van der Waals surface area contributed by atoms with E-state index < -0.39 is 23.8 Å². The maximum absolute atomic E-state index is 12.9. The number of rotatable bonds is 3. The summed E-state index contributed by atoms with van der Waals surface area (Å²) in [6, 6.07) is 3.80. The molecule has 1 aliphatic rings. The number of morpholine rings is 1. The van der Waals surface area contributed by atoms with E-state index in [1.165, 1.54) is 12.1 Å². The van der Waals surface area contributed by atoms with Crippen LogP contribution >= 0.6 is 11.6 Å². The minimum absolute atomic E-state index is 0.222. The highest BCUT2D eigenvalue weighted by Gasteiger charge is 2.34. The normalized spacial score (nSPS) is 23.5. The van der Waals surface area contributed by atoms with Crippen molar-refractivity contribution in [3.8, 4) is 0 Å². The van der Waals surface area contributed by atoms with Crippen molar-refractivity contribution in [1.82, 2.24) is 4.90 Å². The third-order valence-corrected chi connectivity index (χ3v) is 3.73. The van der Waals surface area contributed by atoms with Gasteiger partial charge in [-0.3, -0.25) is 9.69 Å². The fourth-order valence-corrected chi connectivity index (χ4v) is 2.70. The van der Waals surface area contributed by atoms with Gasteiger partial charge in [0.1, 0.15) is 6.10 Å². The van der Waals surface area contributed by atoms with Gasteiger partial charge in [0, 0.05) is 19.6 Å². The number of carbonyl (C=O) groups is 1. The first-order valence-corrected chi connectivity index (χ1v) is 7.07. The molecule has 1 heterocycles. The molecule has 0 saturated carbocycles. The van der Waals surface area contributed by atoms with E-state index >= 15 is 0 Å². The van der Waals surface area contributed by atoms with E-state index in [1.54, 1.807) is 6.92 Å². The second kappa shape index (κ2) is 6.44. The predicted octanol–water partition coefficient (Wildman–Crippen LogP) is 2.43. The van der Waals surface area contributed by atoms with E-state index in [2.05, 4.69) is 0 Å². The lowest BCUT2D eigenvalue weighted by Gasteiger charge is -2.35. The van der Waals surface area contributed by atoms with Gasteiger partial charge in [0.05, 0.1) is 16.7 Å². The van der Waals surface area contributed by atoms with E-state index in [0.717, 1.165) is 6.07 Å². The van der Waals surface area contributed by atoms with Crippen LogP contribution in [0.2, 0.25) is 5.02 Å². The molecule has 1 fully saturated rings. The van der Waals surface area contributed by atoms with Crippen LogP contribution in [0.25, 0.3) is 0 Å². The molecule has 1 aromatic rings. The molecule has 22 heavy (non-hydrogen) atoms. The summed E-state index contributed by atoms with van der Waals surface area (Å²) in [7, 11) is 0. The highest BCUT2D eigenvalue weighted by Crippen LogP contribution is 2.35. The standard InChI is InChI=1S/C14H16ClF3N2O2/c1-8-5-20(7-12(22-8)13(19)21)6-9-2-3-11(15)10(4-9)14(16,17)18/h2-4,8,12H,5-7H2,1H3,(H2,19,21)/t8-,12?/m1/s1. The molecular weight excluding hydrogens is 321 g/mol. The van der Waals surface area contributed by atoms with Crippen molar-refractivity contribution in [2.24, 2.45) is 5.73 Å². The van der Waals surface area contributed by atoms with Crippen LogP contribution in [0.4, 0.5) is 13.2 Å². The maximum atomic E-state index is 12.9. The zero-order valence-corrected chi connectivity index (χ0v) is 12.6. The van der Waals surface area contributed by atoms with Gasteiger partial charge in [-0.2, -0.15) is 13.2 Å². The minimum Gasteiger partial charge on any atom is -0.367 e. The molecule has 8 heteroatoms. The zero-order chi connectivity index (χ0) is 16.5. The molecule has 1 saturated heterocycles. The first kappa shape index (κ1) is 17.1. The number of ether oxygens (including phenoxy) is 1. The van der Waals surface area contributed by atoms with Gasteiger partial charge >= 0.3 is 6.18 Å². The molecule has 122 valence electrons. The number of alkyl halides is 3. The zero-order valence-electron chi connectivity index (χ0n) is 11.9. The van der Waals surface area contributed by atoms with Gasteiger partial charge in [0.15, 0.2) is 0 Å². The Hall–Kier alpha value is -1.31. The van der Waals surface area contributed by atoms with Crippen molar-refractivity contribution >= 4 is 17.5 Å². The molecule has 1 aromatic carbocycles. The van der Waals surface area contributed by atoms with Crippen LogP contribution in [0.5, 0.6) is 0 Å². The fourth-order valence-electron chi connectivity index (χ4n) is 2.47. The molecule has 1 unspecified atom stereocenters. The third-order valence-electron chi connectivity index (χ3n) is 3.40. The van der Waals surface area contributed by atoms with E-state index in [-0.39, 0.29) is 24.2 Å². The molecule has 1 aliphatic heterocycles. The number of nitrogens with zero attached hydrogens (tertiary/aromatic N) is 1. The van der Waals surface area contributed by atoms with Crippen molar-refractivity contribution in [3.63, 3.8) is 0 Å². The Morgan fingerprint density at radius 3 is 2.73 bits per heavy atom. The Balaban J connectivity index is 2.15. The number of nitrogens with two attached hydrogens (primary N) is 1. The van der Waals surface area contributed by atoms with E-state index in [4.69, 9.17) is 22.1 Å². The van der Waals surface area contributed by atoms with Crippen molar-refractivity contribution in [2.45, 2.75) is 31.9 Å². The Labute approximate surface area is 131 Å². The van der Waals surface area contributed by atoms with Gasteiger partial charge in [0.25, 0.3) is 0 Å². The lowest BCUT2D eigenvalue weighted by Crippen LogP contribution is -2.51. The number of carbonyl (C=O) groups excluding carboxylic acids is 1. The van der Waals surface area contributed by atoms with Crippen LogP contribution in [0, 0.1) is 0 Å². The minimum atomic E-state index is -4.50. The molecular formula is C14H16ClF3N2O2. The topological polar surface area (TPSA) is 55.6 Å².